The van der Waals surface area contributed by atoms with Crippen LogP contribution in [0.3, 0.4) is 0 Å². The van der Waals surface area contributed by atoms with Gasteiger partial charge in [-0.25, -0.2) is 0 Å². The van der Waals surface area contributed by atoms with Gasteiger partial charge in [-0.2, -0.15) is 0 Å². The summed E-state index contributed by atoms with van der Waals surface area (Å²) in [6.07, 6.45) is 4.06. The lowest BCUT2D eigenvalue weighted by Crippen LogP contribution is -2.37. The minimum atomic E-state index is -0.429. The lowest BCUT2D eigenvalue weighted by Gasteiger charge is -2.28. The SMILES string of the molecule is CCC1C[N+](C)(C)CC1CCC(C)(CC)C(=O)OCc1ccc2ccc3cccc4ccc1c2c34. The highest BCUT2D eigenvalue weighted by atomic mass is 16.5. The van der Waals surface area contributed by atoms with Gasteiger partial charge in [0, 0.05) is 11.8 Å². The molecule has 3 atom stereocenters. The Morgan fingerprint density at radius 1 is 0.914 bits per heavy atom. The molecule has 1 fully saturated rings. The summed E-state index contributed by atoms with van der Waals surface area (Å²) in [4.78, 5) is 13.4. The fourth-order valence-corrected chi connectivity index (χ4v) is 6.60. The Bertz CT molecular complexity index is 1340. The highest BCUT2D eigenvalue weighted by Crippen LogP contribution is 2.39. The first kappa shape index (κ1) is 24.1. The number of carbonyl (C=O) groups is 1. The first-order valence-corrected chi connectivity index (χ1v) is 13.4. The third-order valence-corrected chi connectivity index (χ3v) is 8.97. The van der Waals surface area contributed by atoms with E-state index in [0.29, 0.717) is 12.5 Å². The van der Waals surface area contributed by atoms with Gasteiger partial charge in [-0.1, -0.05) is 68.4 Å². The number of ether oxygens (including phenoxy) is 1. The van der Waals surface area contributed by atoms with Crippen molar-refractivity contribution in [1.82, 2.24) is 0 Å². The lowest BCUT2D eigenvalue weighted by atomic mass is 9.78. The molecule has 4 aromatic carbocycles. The van der Waals surface area contributed by atoms with Crippen molar-refractivity contribution in [2.75, 3.05) is 27.2 Å². The van der Waals surface area contributed by atoms with Crippen molar-refractivity contribution in [3.8, 4) is 0 Å². The number of carbonyl (C=O) groups excluding carboxylic acids is 1. The smallest absolute Gasteiger partial charge is 0.312 e. The molecule has 0 amide bonds. The van der Waals surface area contributed by atoms with Crippen molar-refractivity contribution < 1.29 is 14.0 Å². The van der Waals surface area contributed by atoms with E-state index < -0.39 is 5.41 Å². The molecular weight excluding hydrogens is 430 g/mol. The molecule has 0 N–H and O–H groups in total. The number of quaternary nitrogens is 1. The van der Waals surface area contributed by atoms with E-state index in [-0.39, 0.29) is 5.97 Å². The molecule has 0 saturated carbocycles. The van der Waals surface area contributed by atoms with Gasteiger partial charge in [0.1, 0.15) is 6.61 Å². The number of hydrogen-bond acceptors (Lipinski definition) is 2. The van der Waals surface area contributed by atoms with Crippen molar-refractivity contribution in [3.63, 3.8) is 0 Å². The Hall–Kier alpha value is -2.65. The van der Waals surface area contributed by atoms with E-state index in [1.165, 1.54) is 51.8 Å². The van der Waals surface area contributed by atoms with Gasteiger partial charge < -0.3 is 9.22 Å². The normalized spacial score (nSPS) is 21.6. The van der Waals surface area contributed by atoms with Crippen LogP contribution in [0.15, 0.2) is 54.6 Å². The monoisotopic (exact) mass is 470 g/mol. The minimum Gasteiger partial charge on any atom is -0.460 e. The molecule has 4 aromatic rings. The Labute approximate surface area is 210 Å². The minimum absolute atomic E-state index is 0.0505. The average molecular weight is 471 g/mol. The number of esters is 1. The second-order valence-electron chi connectivity index (χ2n) is 11.8. The van der Waals surface area contributed by atoms with Crippen LogP contribution in [0, 0.1) is 17.3 Å². The van der Waals surface area contributed by atoms with Crippen LogP contribution < -0.4 is 0 Å². The van der Waals surface area contributed by atoms with Crippen molar-refractivity contribution in [2.45, 2.75) is 53.1 Å². The third-order valence-electron chi connectivity index (χ3n) is 8.97. The Morgan fingerprint density at radius 3 is 2.23 bits per heavy atom. The van der Waals surface area contributed by atoms with Crippen molar-refractivity contribution in [1.29, 1.82) is 0 Å². The van der Waals surface area contributed by atoms with E-state index in [1.54, 1.807) is 0 Å². The van der Waals surface area contributed by atoms with E-state index in [1.807, 2.05) is 0 Å². The molecule has 5 rings (SSSR count). The summed E-state index contributed by atoms with van der Waals surface area (Å²) in [7, 11) is 4.68. The average Bonchev–Trinajstić information content (AvgIpc) is 3.18. The summed E-state index contributed by atoms with van der Waals surface area (Å²) >= 11 is 0. The summed E-state index contributed by atoms with van der Waals surface area (Å²) < 4.78 is 7.14. The van der Waals surface area contributed by atoms with Crippen LogP contribution in [0.25, 0.3) is 32.3 Å². The lowest BCUT2D eigenvalue weighted by molar-refractivity contribution is -0.880. The zero-order valence-corrected chi connectivity index (χ0v) is 22.1. The van der Waals surface area contributed by atoms with Crippen LogP contribution >= 0.6 is 0 Å². The maximum Gasteiger partial charge on any atom is 0.312 e. The molecule has 1 saturated heterocycles. The van der Waals surface area contributed by atoms with Crippen LogP contribution in [-0.2, 0) is 16.1 Å². The van der Waals surface area contributed by atoms with Crippen LogP contribution in [0.5, 0.6) is 0 Å². The topological polar surface area (TPSA) is 26.3 Å². The molecule has 0 aromatic heterocycles. The molecule has 0 spiro atoms. The molecule has 1 heterocycles. The highest BCUT2D eigenvalue weighted by Gasteiger charge is 2.41. The first-order chi connectivity index (χ1) is 16.7. The molecule has 3 unspecified atom stereocenters. The van der Waals surface area contributed by atoms with Crippen LogP contribution in [0.4, 0.5) is 0 Å². The van der Waals surface area contributed by atoms with Gasteiger partial charge in [-0.05, 0) is 70.5 Å². The zero-order chi connectivity index (χ0) is 24.8. The first-order valence-electron chi connectivity index (χ1n) is 13.4. The summed E-state index contributed by atoms with van der Waals surface area (Å²) in [5.41, 5.74) is 0.658. The van der Waals surface area contributed by atoms with E-state index in [4.69, 9.17) is 4.74 Å². The summed E-state index contributed by atoms with van der Waals surface area (Å²) in [5, 5.41) is 7.52. The Balaban J connectivity index is 1.33. The highest BCUT2D eigenvalue weighted by molar-refractivity contribution is 6.23. The third kappa shape index (κ3) is 4.40. The van der Waals surface area contributed by atoms with E-state index in [2.05, 4.69) is 89.5 Å². The van der Waals surface area contributed by atoms with E-state index in [9.17, 15) is 4.79 Å². The maximum atomic E-state index is 13.4. The standard InChI is InChI=1S/C32H40NO2/c1-6-22-19-33(4,5)20-26(22)17-18-32(3,7-2)31(34)35-21-27-14-13-25-12-11-23-9-8-10-24-15-16-28(27)30(25)29(23)24/h8-16,22,26H,6-7,17-21H2,1-5H3/q+1. The van der Waals surface area contributed by atoms with E-state index >= 15 is 0 Å². The fraction of sp³-hybridized carbons (Fsp3) is 0.469. The molecule has 1 aliphatic rings. The summed E-state index contributed by atoms with van der Waals surface area (Å²) in [6.45, 7) is 9.35. The molecule has 1 aliphatic heterocycles. The van der Waals surface area contributed by atoms with Crippen molar-refractivity contribution in [2.24, 2.45) is 17.3 Å². The second kappa shape index (κ2) is 9.09. The van der Waals surface area contributed by atoms with Gasteiger partial charge in [-0.3, -0.25) is 4.79 Å². The number of nitrogens with zero attached hydrogens (tertiary/aromatic N) is 1. The summed E-state index contributed by atoms with van der Waals surface area (Å²) in [6, 6.07) is 19.5. The number of likely N-dealkylation sites (tertiary alicyclic amines) is 1. The maximum absolute atomic E-state index is 13.4. The number of rotatable bonds is 8. The predicted molar refractivity (Wildman–Crippen MR) is 147 cm³/mol. The quantitative estimate of drug-likeness (QED) is 0.151. The molecule has 0 bridgehead atoms. The molecule has 184 valence electrons. The molecule has 0 aliphatic carbocycles. The van der Waals surface area contributed by atoms with Gasteiger partial charge in [0.25, 0.3) is 0 Å². The van der Waals surface area contributed by atoms with Crippen LogP contribution in [0.2, 0.25) is 0 Å². The Morgan fingerprint density at radius 2 is 1.54 bits per heavy atom. The molecule has 35 heavy (non-hydrogen) atoms. The molecular formula is C32H40NO2+. The Kier molecular flexibility index (Phi) is 6.25. The molecule has 0 radical (unpaired) electrons. The van der Waals surface area contributed by atoms with Gasteiger partial charge in [-0.15, -0.1) is 0 Å². The zero-order valence-electron chi connectivity index (χ0n) is 22.1. The predicted octanol–water partition coefficient (Wildman–Crippen LogP) is 7.56. The largest absolute Gasteiger partial charge is 0.460 e. The summed E-state index contributed by atoms with van der Waals surface area (Å²) in [5.74, 6) is 1.41. The van der Waals surface area contributed by atoms with Crippen LogP contribution in [0.1, 0.15) is 52.0 Å². The molecule has 3 nitrogen and oxygen atoms in total. The number of benzene rings is 4. The molecule has 3 heteroatoms. The van der Waals surface area contributed by atoms with Crippen molar-refractivity contribution in [3.05, 3.63) is 60.2 Å². The van der Waals surface area contributed by atoms with Gasteiger partial charge >= 0.3 is 5.97 Å². The van der Waals surface area contributed by atoms with Gasteiger partial charge in [0.2, 0.25) is 0 Å². The van der Waals surface area contributed by atoms with Gasteiger partial charge in [0.05, 0.1) is 32.6 Å². The number of hydrogen-bond donors (Lipinski definition) is 0. The van der Waals surface area contributed by atoms with E-state index in [0.717, 1.165) is 35.2 Å². The van der Waals surface area contributed by atoms with Crippen LogP contribution in [-0.4, -0.2) is 37.6 Å². The van der Waals surface area contributed by atoms with Crippen molar-refractivity contribution >= 4 is 38.3 Å². The van der Waals surface area contributed by atoms with Gasteiger partial charge in [0.15, 0.2) is 0 Å². The second-order valence-corrected chi connectivity index (χ2v) is 11.8. The fourth-order valence-electron chi connectivity index (χ4n) is 6.60.